The molecule has 1 aromatic rings. The number of aliphatic hydroxyl groups is 1. The average Bonchev–Trinajstić information content (AvgIpc) is 2.50. The van der Waals surface area contributed by atoms with E-state index in [1.54, 1.807) is 25.1 Å². The van der Waals surface area contributed by atoms with Crippen molar-refractivity contribution >= 4 is 6.03 Å². The van der Waals surface area contributed by atoms with Crippen molar-refractivity contribution in [2.24, 2.45) is 5.92 Å². The number of benzene rings is 1. The van der Waals surface area contributed by atoms with E-state index in [0.717, 1.165) is 6.42 Å². The number of alkyl halides is 2. The van der Waals surface area contributed by atoms with E-state index >= 15 is 0 Å². The SMILES string of the molecule is CCC(C)C(C)(O)CNC(=O)NCc1ccccc1OC(F)F. The van der Waals surface area contributed by atoms with Crippen LogP contribution in [-0.4, -0.2) is 29.9 Å². The Morgan fingerprint density at radius 2 is 2.00 bits per heavy atom. The van der Waals surface area contributed by atoms with Crippen LogP contribution in [0.25, 0.3) is 0 Å². The molecule has 0 bridgehead atoms. The van der Waals surface area contributed by atoms with Gasteiger partial charge in [0.25, 0.3) is 0 Å². The van der Waals surface area contributed by atoms with E-state index in [4.69, 9.17) is 0 Å². The van der Waals surface area contributed by atoms with Gasteiger partial charge in [-0.1, -0.05) is 38.5 Å². The number of ether oxygens (including phenoxy) is 1. The molecular weight excluding hydrogens is 306 g/mol. The van der Waals surface area contributed by atoms with Crippen molar-refractivity contribution in [1.29, 1.82) is 0 Å². The largest absolute Gasteiger partial charge is 0.434 e. The fraction of sp³-hybridized carbons (Fsp3) is 0.562. The minimum atomic E-state index is -2.92. The van der Waals surface area contributed by atoms with E-state index in [1.165, 1.54) is 6.07 Å². The lowest BCUT2D eigenvalue weighted by Crippen LogP contribution is -2.47. The molecule has 0 saturated carbocycles. The fourth-order valence-corrected chi connectivity index (χ4v) is 1.97. The van der Waals surface area contributed by atoms with Gasteiger partial charge in [-0.15, -0.1) is 0 Å². The van der Waals surface area contributed by atoms with Crippen LogP contribution in [0.15, 0.2) is 24.3 Å². The van der Waals surface area contributed by atoms with Gasteiger partial charge in [-0.3, -0.25) is 0 Å². The van der Waals surface area contributed by atoms with Crippen molar-refractivity contribution < 1.29 is 23.4 Å². The Morgan fingerprint density at radius 1 is 1.35 bits per heavy atom. The summed E-state index contributed by atoms with van der Waals surface area (Å²) in [6.07, 6.45) is 0.786. The first-order valence-electron chi connectivity index (χ1n) is 7.53. The third-order valence-electron chi connectivity index (χ3n) is 3.91. The maximum absolute atomic E-state index is 12.3. The summed E-state index contributed by atoms with van der Waals surface area (Å²) in [4.78, 5) is 11.8. The van der Waals surface area contributed by atoms with Crippen LogP contribution in [0.2, 0.25) is 0 Å². The number of amides is 2. The van der Waals surface area contributed by atoms with E-state index < -0.39 is 18.2 Å². The van der Waals surface area contributed by atoms with Crippen LogP contribution >= 0.6 is 0 Å². The Kier molecular flexibility index (Phi) is 7.22. The van der Waals surface area contributed by atoms with Crippen molar-refractivity contribution in [3.63, 3.8) is 0 Å². The molecule has 7 heteroatoms. The Balaban J connectivity index is 2.51. The average molecular weight is 330 g/mol. The normalized spacial score (nSPS) is 14.9. The summed E-state index contributed by atoms with van der Waals surface area (Å²) in [6, 6.07) is 5.76. The molecule has 0 saturated heterocycles. The zero-order valence-electron chi connectivity index (χ0n) is 13.6. The van der Waals surface area contributed by atoms with Crippen molar-refractivity contribution in [1.82, 2.24) is 10.6 Å². The lowest BCUT2D eigenvalue weighted by atomic mass is 9.89. The van der Waals surface area contributed by atoms with Crippen LogP contribution in [0.4, 0.5) is 13.6 Å². The number of hydrogen-bond acceptors (Lipinski definition) is 3. The van der Waals surface area contributed by atoms with Gasteiger partial charge in [0.05, 0.1) is 5.60 Å². The van der Waals surface area contributed by atoms with Gasteiger partial charge in [0.1, 0.15) is 5.75 Å². The second-order valence-corrected chi connectivity index (χ2v) is 5.69. The van der Waals surface area contributed by atoms with Crippen molar-refractivity contribution in [2.75, 3.05) is 6.54 Å². The molecule has 5 nitrogen and oxygen atoms in total. The summed E-state index contributed by atoms with van der Waals surface area (Å²) >= 11 is 0. The predicted molar refractivity (Wildman–Crippen MR) is 83.4 cm³/mol. The van der Waals surface area contributed by atoms with E-state index in [0.29, 0.717) is 5.56 Å². The summed E-state index contributed by atoms with van der Waals surface area (Å²) in [5.74, 6) is 0.0531. The fourth-order valence-electron chi connectivity index (χ4n) is 1.97. The quantitative estimate of drug-likeness (QED) is 0.686. The van der Waals surface area contributed by atoms with Crippen LogP contribution in [0.5, 0.6) is 5.75 Å². The van der Waals surface area contributed by atoms with Crippen LogP contribution in [0, 0.1) is 5.92 Å². The predicted octanol–water partition coefficient (Wildman–Crippen LogP) is 2.88. The van der Waals surface area contributed by atoms with Gasteiger partial charge in [-0.05, 0) is 18.9 Å². The highest BCUT2D eigenvalue weighted by Gasteiger charge is 2.27. The molecule has 0 radical (unpaired) electrons. The summed E-state index contributed by atoms with van der Waals surface area (Å²) in [6.45, 7) is 2.74. The highest BCUT2D eigenvalue weighted by molar-refractivity contribution is 5.74. The molecule has 0 aliphatic rings. The summed E-state index contributed by atoms with van der Waals surface area (Å²) in [5.41, 5.74) is -0.570. The number of urea groups is 1. The monoisotopic (exact) mass is 330 g/mol. The zero-order valence-corrected chi connectivity index (χ0v) is 13.6. The molecular formula is C16H24F2N2O3. The minimum absolute atomic E-state index is 0.0226. The van der Waals surface area contributed by atoms with E-state index in [9.17, 15) is 18.7 Å². The second-order valence-electron chi connectivity index (χ2n) is 5.69. The van der Waals surface area contributed by atoms with Gasteiger partial charge >= 0.3 is 12.6 Å². The third-order valence-corrected chi connectivity index (χ3v) is 3.91. The minimum Gasteiger partial charge on any atom is -0.434 e. The number of hydrogen-bond donors (Lipinski definition) is 3. The van der Waals surface area contributed by atoms with Gasteiger partial charge in [-0.25, -0.2) is 4.79 Å². The molecule has 0 aliphatic carbocycles. The lowest BCUT2D eigenvalue weighted by Gasteiger charge is -2.29. The molecule has 2 unspecified atom stereocenters. The molecule has 23 heavy (non-hydrogen) atoms. The first kappa shape index (κ1) is 19.2. The maximum atomic E-state index is 12.3. The van der Waals surface area contributed by atoms with Crippen LogP contribution in [-0.2, 0) is 6.54 Å². The van der Waals surface area contributed by atoms with Crippen LogP contribution in [0.1, 0.15) is 32.8 Å². The first-order chi connectivity index (χ1) is 10.8. The van der Waals surface area contributed by atoms with Gasteiger partial charge < -0.3 is 20.5 Å². The topological polar surface area (TPSA) is 70.6 Å². The first-order valence-corrected chi connectivity index (χ1v) is 7.53. The molecule has 1 aromatic carbocycles. The number of carbonyl (C=O) groups excluding carboxylic acids is 1. The van der Waals surface area contributed by atoms with Gasteiger partial charge in [0, 0.05) is 18.7 Å². The summed E-state index contributed by atoms with van der Waals surface area (Å²) < 4.78 is 29.0. The number of rotatable bonds is 8. The molecule has 3 N–H and O–H groups in total. The Labute approximate surface area is 135 Å². The molecule has 130 valence electrons. The lowest BCUT2D eigenvalue weighted by molar-refractivity contribution is -0.0504. The van der Waals surface area contributed by atoms with E-state index in [-0.39, 0.29) is 24.8 Å². The highest BCUT2D eigenvalue weighted by Crippen LogP contribution is 2.20. The molecule has 0 aromatic heterocycles. The summed E-state index contributed by atoms with van der Waals surface area (Å²) in [5, 5.41) is 15.4. The Hall–Kier alpha value is -1.89. The Bertz CT molecular complexity index is 510. The van der Waals surface area contributed by atoms with Gasteiger partial charge in [-0.2, -0.15) is 8.78 Å². The summed E-state index contributed by atoms with van der Waals surface area (Å²) in [7, 11) is 0. The molecule has 0 aliphatic heterocycles. The van der Waals surface area contributed by atoms with Crippen molar-refractivity contribution in [3.8, 4) is 5.75 Å². The molecule has 0 heterocycles. The maximum Gasteiger partial charge on any atom is 0.387 e. The van der Waals surface area contributed by atoms with Gasteiger partial charge in [0.2, 0.25) is 0 Å². The van der Waals surface area contributed by atoms with Crippen molar-refractivity contribution in [2.45, 2.75) is 45.9 Å². The molecule has 0 fully saturated rings. The number of carbonyl (C=O) groups is 1. The van der Waals surface area contributed by atoms with Crippen molar-refractivity contribution in [3.05, 3.63) is 29.8 Å². The highest BCUT2D eigenvalue weighted by atomic mass is 19.3. The molecule has 0 spiro atoms. The molecule has 2 atom stereocenters. The molecule has 2 amide bonds. The smallest absolute Gasteiger partial charge is 0.387 e. The number of halogens is 2. The number of para-hydroxylation sites is 1. The zero-order chi connectivity index (χ0) is 17.5. The van der Waals surface area contributed by atoms with Crippen LogP contribution < -0.4 is 15.4 Å². The third kappa shape index (κ3) is 6.40. The number of nitrogens with one attached hydrogen (secondary N) is 2. The Morgan fingerprint density at radius 3 is 2.61 bits per heavy atom. The van der Waals surface area contributed by atoms with E-state index in [1.807, 2.05) is 13.8 Å². The van der Waals surface area contributed by atoms with Crippen LogP contribution in [0.3, 0.4) is 0 Å². The second kappa shape index (κ2) is 8.67. The molecule has 1 rings (SSSR count). The van der Waals surface area contributed by atoms with E-state index in [2.05, 4.69) is 15.4 Å². The standard InChI is InChI=1S/C16H24F2N2O3/c1-4-11(2)16(3,22)10-20-15(21)19-9-12-7-5-6-8-13(12)23-14(17)18/h5-8,11,14,22H,4,9-10H2,1-3H3,(H2,19,20,21). The van der Waals surface area contributed by atoms with Gasteiger partial charge in [0.15, 0.2) is 0 Å².